The molecule has 0 rings (SSSR count). The summed E-state index contributed by atoms with van der Waals surface area (Å²) in [7, 11) is 0. The van der Waals surface area contributed by atoms with Crippen LogP contribution in [0.5, 0.6) is 0 Å². The Balaban J connectivity index is 3.01. The van der Waals surface area contributed by atoms with Gasteiger partial charge in [-0.25, -0.2) is 0 Å². The molecule has 11 heavy (non-hydrogen) atoms. The summed E-state index contributed by atoms with van der Waals surface area (Å²) in [5, 5.41) is 2.71. The highest BCUT2D eigenvalue weighted by molar-refractivity contribution is 5.86. The van der Waals surface area contributed by atoms with Crippen LogP contribution in [0.2, 0.25) is 0 Å². The van der Waals surface area contributed by atoms with Gasteiger partial charge in [0.05, 0.1) is 0 Å². The first-order chi connectivity index (χ1) is 5.31. The van der Waals surface area contributed by atoms with Crippen LogP contribution in [0.3, 0.4) is 0 Å². The third-order valence-corrected chi connectivity index (χ3v) is 1.41. The molecule has 1 amide bonds. The number of unbranched alkanes of at least 4 members (excludes halogenated alkanes) is 3. The zero-order valence-electron chi connectivity index (χ0n) is 6.94. The van der Waals surface area contributed by atoms with Gasteiger partial charge in [-0.1, -0.05) is 32.8 Å². The van der Waals surface area contributed by atoms with Crippen molar-refractivity contribution in [2.45, 2.75) is 25.7 Å². The van der Waals surface area contributed by atoms with Crippen LogP contribution < -0.4 is 5.32 Å². The molecule has 0 aliphatic heterocycles. The number of amides is 1. The van der Waals surface area contributed by atoms with Gasteiger partial charge in [-0.3, -0.25) is 4.79 Å². The highest BCUT2D eigenvalue weighted by atomic mass is 16.1. The Morgan fingerprint density at radius 2 is 2.09 bits per heavy atom. The van der Waals surface area contributed by atoms with Crippen molar-refractivity contribution in [1.29, 1.82) is 0 Å². The number of nitrogens with one attached hydrogen (secondary N) is 1. The first-order valence-electron chi connectivity index (χ1n) is 4.00. The first-order valence-corrected chi connectivity index (χ1v) is 4.00. The minimum atomic E-state index is -0.0837. The van der Waals surface area contributed by atoms with Crippen molar-refractivity contribution in [2.24, 2.45) is 0 Å². The Hall–Kier alpha value is -0.790. The van der Waals surface area contributed by atoms with Crippen molar-refractivity contribution >= 4 is 5.91 Å². The molecule has 0 aliphatic carbocycles. The molecule has 0 atom stereocenters. The fourth-order valence-electron chi connectivity index (χ4n) is 0.762. The zero-order valence-corrected chi connectivity index (χ0v) is 6.94. The van der Waals surface area contributed by atoms with Crippen molar-refractivity contribution in [2.75, 3.05) is 6.54 Å². The maximum Gasteiger partial charge on any atom is 0.243 e. The Kier molecular flexibility index (Phi) is 6.79. The van der Waals surface area contributed by atoms with E-state index in [4.69, 9.17) is 0 Å². The Labute approximate surface area is 68.7 Å². The van der Waals surface area contributed by atoms with Gasteiger partial charge >= 0.3 is 0 Å². The van der Waals surface area contributed by atoms with Crippen molar-refractivity contribution in [1.82, 2.24) is 5.32 Å². The largest absolute Gasteiger partial charge is 0.353 e. The van der Waals surface area contributed by atoms with Gasteiger partial charge in [0, 0.05) is 6.54 Å². The van der Waals surface area contributed by atoms with Crippen LogP contribution in [0, 0.1) is 6.92 Å². The van der Waals surface area contributed by atoms with E-state index in [1.807, 2.05) is 0 Å². The molecular weight excluding hydrogens is 138 g/mol. The summed E-state index contributed by atoms with van der Waals surface area (Å²) in [5.41, 5.74) is 0. The molecule has 0 spiro atoms. The summed E-state index contributed by atoms with van der Waals surface area (Å²) in [6, 6.07) is 0. The van der Waals surface area contributed by atoms with Gasteiger partial charge in [0.1, 0.15) is 0 Å². The van der Waals surface area contributed by atoms with Gasteiger partial charge in [-0.2, -0.15) is 0 Å². The molecule has 0 aromatic rings. The molecule has 63 valence electrons. The van der Waals surface area contributed by atoms with Crippen LogP contribution in [-0.2, 0) is 4.79 Å². The number of carbonyl (C=O) groups is 1. The van der Waals surface area contributed by atoms with Crippen molar-refractivity contribution in [3.05, 3.63) is 19.6 Å². The molecule has 1 N–H and O–H groups in total. The Morgan fingerprint density at radius 3 is 2.64 bits per heavy atom. The van der Waals surface area contributed by atoms with Crippen LogP contribution in [-0.4, -0.2) is 12.5 Å². The average Bonchev–Trinajstić information content (AvgIpc) is 2.04. The lowest BCUT2D eigenvalue weighted by molar-refractivity contribution is -0.116. The van der Waals surface area contributed by atoms with Gasteiger partial charge in [-0.05, 0) is 12.5 Å². The third-order valence-electron chi connectivity index (χ3n) is 1.41. The summed E-state index contributed by atoms with van der Waals surface area (Å²) >= 11 is 0. The Morgan fingerprint density at radius 1 is 1.36 bits per heavy atom. The minimum absolute atomic E-state index is 0.0837. The predicted molar refractivity (Wildman–Crippen MR) is 47.0 cm³/mol. The highest BCUT2D eigenvalue weighted by Gasteiger charge is 1.91. The molecule has 0 saturated heterocycles. The second kappa shape index (κ2) is 7.32. The van der Waals surface area contributed by atoms with Gasteiger partial charge in [0.2, 0.25) is 5.91 Å². The molecule has 0 bridgehead atoms. The molecule has 2 heteroatoms. The van der Waals surface area contributed by atoms with Crippen LogP contribution >= 0.6 is 0 Å². The van der Waals surface area contributed by atoms with Crippen LogP contribution in [0.15, 0.2) is 12.7 Å². The smallest absolute Gasteiger partial charge is 0.243 e. The molecular formula is C9H16NO. The van der Waals surface area contributed by atoms with E-state index in [9.17, 15) is 4.79 Å². The maximum absolute atomic E-state index is 10.6. The van der Waals surface area contributed by atoms with E-state index < -0.39 is 0 Å². The monoisotopic (exact) mass is 154 g/mol. The standard InChI is InChI=1S/C9H16NO/c1-3-5-6-7-8-10-9(11)4-2/h4H,1-3,5-8H2,(H,10,11). The van der Waals surface area contributed by atoms with E-state index in [2.05, 4.69) is 18.8 Å². The van der Waals surface area contributed by atoms with Crippen molar-refractivity contribution < 1.29 is 4.79 Å². The molecule has 0 heterocycles. The zero-order chi connectivity index (χ0) is 8.53. The fourth-order valence-corrected chi connectivity index (χ4v) is 0.762. The lowest BCUT2D eigenvalue weighted by Gasteiger charge is -2.00. The minimum Gasteiger partial charge on any atom is -0.353 e. The van der Waals surface area contributed by atoms with Crippen LogP contribution in [0.1, 0.15) is 25.7 Å². The van der Waals surface area contributed by atoms with E-state index in [1.54, 1.807) is 0 Å². The molecule has 0 aliphatic rings. The normalized spacial score (nSPS) is 9.18. The lowest BCUT2D eigenvalue weighted by atomic mass is 10.2. The van der Waals surface area contributed by atoms with Crippen LogP contribution in [0.25, 0.3) is 0 Å². The Bertz CT molecular complexity index is 121. The molecule has 2 nitrogen and oxygen atoms in total. The number of hydrogen-bond acceptors (Lipinski definition) is 1. The lowest BCUT2D eigenvalue weighted by Crippen LogP contribution is -2.21. The topological polar surface area (TPSA) is 29.1 Å². The molecule has 0 aromatic carbocycles. The van der Waals surface area contributed by atoms with Crippen molar-refractivity contribution in [3.8, 4) is 0 Å². The van der Waals surface area contributed by atoms with E-state index in [0.29, 0.717) is 0 Å². The average molecular weight is 154 g/mol. The van der Waals surface area contributed by atoms with E-state index >= 15 is 0 Å². The number of carbonyl (C=O) groups excluding carboxylic acids is 1. The third kappa shape index (κ3) is 7.10. The van der Waals surface area contributed by atoms with E-state index in [0.717, 1.165) is 32.2 Å². The molecule has 0 saturated carbocycles. The summed E-state index contributed by atoms with van der Waals surface area (Å²) < 4.78 is 0. The number of hydrogen-bond donors (Lipinski definition) is 1. The van der Waals surface area contributed by atoms with Crippen LogP contribution in [0.4, 0.5) is 0 Å². The summed E-state index contributed by atoms with van der Waals surface area (Å²) in [5.74, 6) is -0.0837. The van der Waals surface area contributed by atoms with Gasteiger partial charge in [0.25, 0.3) is 0 Å². The van der Waals surface area contributed by atoms with E-state index in [-0.39, 0.29) is 5.91 Å². The van der Waals surface area contributed by atoms with Crippen molar-refractivity contribution in [3.63, 3.8) is 0 Å². The highest BCUT2D eigenvalue weighted by Crippen LogP contribution is 1.96. The predicted octanol–water partition coefficient (Wildman–Crippen LogP) is 1.68. The second-order valence-corrected chi connectivity index (χ2v) is 2.41. The van der Waals surface area contributed by atoms with E-state index in [1.165, 1.54) is 6.08 Å². The van der Waals surface area contributed by atoms with Gasteiger partial charge in [-0.15, -0.1) is 0 Å². The van der Waals surface area contributed by atoms with Gasteiger partial charge in [0.15, 0.2) is 0 Å². The van der Waals surface area contributed by atoms with Gasteiger partial charge < -0.3 is 5.32 Å². The maximum atomic E-state index is 10.6. The second-order valence-electron chi connectivity index (χ2n) is 2.41. The first kappa shape index (κ1) is 10.2. The summed E-state index contributed by atoms with van der Waals surface area (Å²) in [4.78, 5) is 10.6. The SMILES string of the molecule is [CH2]CCCCCNC(=O)C=C. The summed E-state index contributed by atoms with van der Waals surface area (Å²) in [6.45, 7) is 7.84. The quantitative estimate of drug-likeness (QED) is 0.457. The molecule has 1 radical (unpaired) electrons. The molecule has 0 aromatic heterocycles. The molecule has 0 unspecified atom stereocenters. The molecule has 0 fully saturated rings. The fraction of sp³-hybridized carbons (Fsp3) is 0.556. The summed E-state index contributed by atoms with van der Waals surface area (Å²) in [6.07, 6.45) is 5.59. The number of rotatable bonds is 6.